The zero-order chi connectivity index (χ0) is 13.8. The first kappa shape index (κ1) is 14.8. The van der Waals surface area contributed by atoms with E-state index in [1.807, 2.05) is 0 Å². The summed E-state index contributed by atoms with van der Waals surface area (Å²) >= 11 is 0. The maximum atomic E-state index is 11.9. The summed E-state index contributed by atoms with van der Waals surface area (Å²) in [6, 6.07) is 0. The minimum absolute atomic E-state index is 0.00585. The predicted octanol–water partition coefficient (Wildman–Crippen LogP) is 2.37. The summed E-state index contributed by atoms with van der Waals surface area (Å²) in [6.45, 7) is 7.41. The van der Waals surface area contributed by atoms with Crippen molar-refractivity contribution in [2.45, 2.75) is 59.0 Å². The smallest absolute Gasteiger partial charge is 0.426 e. The molecule has 2 amide bonds. The van der Waals surface area contributed by atoms with Crippen molar-refractivity contribution in [1.82, 2.24) is 10.9 Å². The van der Waals surface area contributed by atoms with E-state index in [4.69, 9.17) is 4.74 Å². The topological polar surface area (TPSA) is 67.4 Å². The summed E-state index contributed by atoms with van der Waals surface area (Å²) in [4.78, 5) is 23.3. The molecule has 5 heteroatoms. The van der Waals surface area contributed by atoms with Crippen LogP contribution in [0.4, 0.5) is 4.79 Å². The number of nitrogens with one attached hydrogen (secondary N) is 2. The van der Waals surface area contributed by atoms with Crippen LogP contribution in [0.1, 0.15) is 53.4 Å². The second kappa shape index (κ2) is 6.07. The van der Waals surface area contributed by atoms with Crippen LogP contribution >= 0.6 is 0 Å². The summed E-state index contributed by atoms with van der Waals surface area (Å²) < 4.78 is 5.04. The highest BCUT2D eigenvalue weighted by Crippen LogP contribution is 2.29. The van der Waals surface area contributed by atoms with Crippen molar-refractivity contribution < 1.29 is 14.3 Å². The lowest BCUT2D eigenvalue weighted by Gasteiger charge is -2.27. The number of rotatable bonds is 1. The van der Waals surface area contributed by atoms with Crippen molar-refractivity contribution in [3.8, 4) is 0 Å². The Kier molecular flexibility index (Phi) is 4.99. The van der Waals surface area contributed by atoms with Crippen LogP contribution in [0.15, 0.2) is 0 Å². The van der Waals surface area contributed by atoms with E-state index in [-0.39, 0.29) is 11.8 Å². The van der Waals surface area contributed by atoms with Crippen LogP contribution in [0.3, 0.4) is 0 Å². The Hall–Kier alpha value is -1.26. The first-order valence-corrected chi connectivity index (χ1v) is 6.58. The number of carbonyl (C=O) groups excluding carboxylic acids is 2. The molecule has 1 aliphatic rings. The van der Waals surface area contributed by atoms with Crippen LogP contribution in [0.5, 0.6) is 0 Å². The molecule has 0 aromatic rings. The van der Waals surface area contributed by atoms with Gasteiger partial charge in [0.05, 0.1) is 0 Å². The van der Waals surface area contributed by atoms with Crippen molar-refractivity contribution >= 4 is 12.0 Å². The molecule has 0 heterocycles. The largest absolute Gasteiger partial charge is 0.443 e. The SMILES string of the molecule is C[C@H]1CCCC[C@H]1C(=O)NNC(=O)OC(C)(C)C. The molecule has 104 valence electrons. The monoisotopic (exact) mass is 256 g/mol. The standard InChI is InChI=1S/C13H24N2O3/c1-9-7-5-6-8-10(9)11(16)14-15-12(17)18-13(2,3)4/h9-10H,5-8H2,1-4H3,(H,14,16)(H,15,17)/t9-,10+/m0/s1. The Morgan fingerprint density at radius 2 is 1.72 bits per heavy atom. The predicted molar refractivity (Wildman–Crippen MR) is 68.6 cm³/mol. The molecule has 1 fully saturated rings. The molecule has 0 saturated heterocycles. The molecule has 18 heavy (non-hydrogen) atoms. The highest BCUT2D eigenvalue weighted by atomic mass is 16.6. The zero-order valence-corrected chi connectivity index (χ0v) is 11.7. The molecule has 2 N–H and O–H groups in total. The van der Waals surface area contributed by atoms with Crippen LogP contribution in [-0.4, -0.2) is 17.6 Å². The highest BCUT2D eigenvalue weighted by Gasteiger charge is 2.28. The van der Waals surface area contributed by atoms with Crippen molar-refractivity contribution in [2.75, 3.05) is 0 Å². The average Bonchev–Trinajstić information content (AvgIpc) is 2.24. The molecule has 1 aliphatic carbocycles. The molecule has 0 aromatic carbocycles. The van der Waals surface area contributed by atoms with Gasteiger partial charge < -0.3 is 4.74 Å². The van der Waals surface area contributed by atoms with Crippen molar-refractivity contribution in [3.05, 3.63) is 0 Å². The van der Waals surface area contributed by atoms with Gasteiger partial charge in [0.25, 0.3) is 0 Å². The number of carbonyl (C=O) groups is 2. The molecule has 0 bridgehead atoms. The Morgan fingerprint density at radius 3 is 2.28 bits per heavy atom. The molecule has 0 unspecified atom stereocenters. The lowest BCUT2D eigenvalue weighted by molar-refractivity contribution is -0.128. The van der Waals surface area contributed by atoms with Gasteiger partial charge in [-0.05, 0) is 39.5 Å². The molecule has 0 aromatic heterocycles. The molecule has 1 rings (SSSR count). The second-order valence-electron chi connectivity index (χ2n) is 5.98. The van der Waals surface area contributed by atoms with E-state index in [1.165, 1.54) is 6.42 Å². The number of hydrazine groups is 1. The Balaban J connectivity index is 2.34. The zero-order valence-electron chi connectivity index (χ0n) is 11.7. The van der Waals surface area contributed by atoms with E-state index in [9.17, 15) is 9.59 Å². The fourth-order valence-electron chi connectivity index (χ4n) is 2.21. The van der Waals surface area contributed by atoms with Gasteiger partial charge in [-0.2, -0.15) is 0 Å². The Bertz CT molecular complexity index is 310. The van der Waals surface area contributed by atoms with Gasteiger partial charge in [0.2, 0.25) is 5.91 Å². The van der Waals surface area contributed by atoms with E-state index in [2.05, 4.69) is 17.8 Å². The minimum atomic E-state index is -0.626. The van der Waals surface area contributed by atoms with Crippen LogP contribution < -0.4 is 10.9 Å². The third kappa shape index (κ3) is 4.94. The van der Waals surface area contributed by atoms with Gasteiger partial charge in [0.15, 0.2) is 0 Å². The average molecular weight is 256 g/mol. The van der Waals surface area contributed by atoms with Gasteiger partial charge in [0, 0.05) is 5.92 Å². The first-order valence-electron chi connectivity index (χ1n) is 6.58. The van der Waals surface area contributed by atoms with Gasteiger partial charge in [-0.3, -0.25) is 10.2 Å². The highest BCUT2D eigenvalue weighted by molar-refractivity contribution is 5.81. The lowest BCUT2D eigenvalue weighted by atomic mass is 9.80. The lowest BCUT2D eigenvalue weighted by Crippen LogP contribution is -2.48. The Labute approximate surface area is 109 Å². The van der Waals surface area contributed by atoms with Gasteiger partial charge in [-0.25, -0.2) is 10.2 Å². The number of amides is 2. The summed E-state index contributed by atoms with van der Waals surface area (Å²) in [5, 5.41) is 0. The van der Waals surface area contributed by atoms with Gasteiger partial charge >= 0.3 is 6.09 Å². The molecule has 2 atom stereocenters. The van der Waals surface area contributed by atoms with Crippen LogP contribution in [0, 0.1) is 11.8 Å². The molecule has 5 nitrogen and oxygen atoms in total. The third-order valence-electron chi connectivity index (χ3n) is 3.13. The Morgan fingerprint density at radius 1 is 1.11 bits per heavy atom. The van der Waals surface area contributed by atoms with E-state index < -0.39 is 11.7 Å². The van der Waals surface area contributed by atoms with E-state index >= 15 is 0 Å². The maximum Gasteiger partial charge on any atom is 0.426 e. The maximum absolute atomic E-state index is 11.9. The molecule has 1 saturated carbocycles. The first-order chi connectivity index (χ1) is 8.29. The minimum Gasteiger partial charge on any atom is -0.443 e. The summed E-state index contributed by atoms with van der Waals surface area (Å²) in [6.07, 6.45) is 3.60. The fraction of sp³-hybridized carbons (Fsp3) is 0.846. The van der Waals surface area contributed by atoms with Crippen molar-refractivity contribution in [2.24, 2.45) is 11.8 Å². The summed E-state index contributed by atoms with van der Waals surface area (Å²) in [5.41, 5.74) is 4.18. The molecule has 0 spiro atoms. The van der Waals surface area contributed by atoms with Crippen LogP contribution in [0.2, 0.25) is 0 Å². The number of hydrogen-bond donors (Lipinski definition) is 2. The van der Waals surface area contributed by atoms with E-state index in [1.54, 1.807) is 20.8 Å². The van der Waals surface area contributed by atoms with Crippen LogP contribution in [-0.2, 0) is 9.53 Å². The molecular formula is C13H24N2O3. The molecule has 0 aliphatic heterocycles. The summed E-state index contributed by atoms with van der Waals surface area (Å²) in [7, 11) is 0. The third-order valence-corrected chi connectivity index (χ3v) is 3.13. The van der Waals surface area contributed by atoms with E-state index in [0.29, 0.717) is 5.92 Å². The normalized spacial score (nSPS) is 24.2. The quantitative estimate of drug-likeness (QED) is 0.708. The molecule has 0 radical (unpaired) electrons. The number of ether oxygens (including phenoxy) is 1. The van der Waals surface area contributed by atoms with E-state index in [0.717, 1.165) is 19.3 Å². The second-order valence-corrected chi connectivity index (χ2v) is 5.98. The number of hydrogen-bond acceptors (Lipinski definition) is 3. The van der Waals surface area contributed by atoms with Crippen molar-refractivity contribution in [3.63, 3.8) is 0 Å². The van der Waals surface area contributed by atoms with Gasteiger partial charge in [-0.15, -0.1) is 0 Å². The van der Waals surface area contributed by atoms with Crippen molar-refractivity contribution in [1.29, 1.82) is 0 Å². The fourth-order valence-corrected chi connectivity index (χ4v) is 2.21. The van der Waals surface area contributed by atoms with Gasteiger partial charge in [0.1, 0.15) is 5.60 Å². The summed E-state index contributed by atoms with van der Waals surface area (Å²) in [5.74, 6) is 0.251. The molecular weight excluding hydrogens is 232 g/mol. The van der Waals surface area contributed by atoms with Gasteiger partial charge in [-0.1, -0.05) is 19.8 Å². The van der Waals surface area contributed by atoms with Crippen LogP contribution in [0.25, 0.3) is 0 Å².